The minimum absolute atomic E-state index is 0.00246. The van der Waals surface area contributed by atoms with Crippen LogP contribution in [0, 0.1) is 5.41 Å². The minimum atomic E-state index is -0.0364. The zero-order valence-corrected chi connectivity index (χ0v) is 13.5. The summed E-state index contributed by atoms with van der Waals surface area (Å²) in [5, 5.41) is 2.94. The number of benzene rings is 1. The number of nitrogens with two attached hydrogens (primary N) is 1. The first kappa shape index (κ1) is 16.6. The summed E-state index contributed by atoms with van der Waals surface area (Å²) in [6, 6.07) is 5.35. The Bertz CT molecular complexity index is 488. The predicted octanol–water partition coefficient (Wildman–Crippen LogP) is 2.94. The van der Waals surface area contributed by atoms with Crippen LogP contribution in [-0.4, -0.2) is 26.7 Å². The van der Waals surface area contributed by atoms with E-state index in [2.05, 4.69) is 5.32 Å². The summed E-state index contributed by atoms with van der Waals surface area (Å²) in [6.07, 6.45) is 6.13. The van der Waals surface area contributed by atoms with Crippen LogP contribution in [0.1, 0.15) is 38.5 Å². The summed E-state index contributed by atoms with van der Waals surface area (Å²) in [4.78, 5) is 12.4. The number of anilines is 1. The Morgan fingerprint density at radius 2 is 1.73 bits per heavy atom. The second-order valence-corrected chi connectivity index (χ2v) is 6.09. The number of hydrogen-bond donors (Lipinski definition) is 2. The summed E-state index contributed by atoms with van der Waals surface area (Å²) >= 11 is 0. The zero-order valence-electron chi connectivity index (χ0n) is 13.5. The lowest BCUT2D eigenvalue weighted by Crippen LogP contribution is -2.36. The van der Waals surface area contributed by atoms with Crippen LogP contribution >= 0.6 is 0 Å². The maximum absolute atomic E-state index is 12.4. The molecule has 0 atom stereocenters. The lowest BCUT2D eigenvalue weighted by atomic mass is 9.71. The topological polar surface area (TPSA) is 73.6 Å². The molecule has 1 aliphatic rings. The van der Waals surface area contributed by atoms with Crippen LogP contribution in [0.2, 0.25) is 0 Å². The first-order valence-corrected chi connectivity index (χ1v) is 7.84. The van der Waals surface area contributed by atoms with Gasteiger partial charge in [-0.15, -0.1) is 0 Å². The summed E-state index contributed by atoms with van der Waals surface area (Å²) < 4.78 is 10.4. The van der Waals surface area contributed by atoms with Gasteiger partial charge in [-0.25, -0.2) is 0 Å². The fraction of sp³-hybridized carbons (Fsp3) is 0.588. The van der Waals surface area contributed by atoms with Crippen LogP contribution in [0.4, 0.5) is 5.69 Å². The number of methoxy groups -OCH3 is 2. The van der Waals surface area contributed by atoms with E-state index in [1.54, 1.807) is 32.4 Å². The third kappa shape index (κ3) is 4.13. The second kappa shape index (κ2) is 7.49. The average molecular weight is 306 g/mol. The predicted molar refractivity (Wildman–Crippen MR) is 87.4 cm³/mol. The van der Waals surface area contributed by atoms with Crippen LogP contribution in [-0.2, 0) is 4.79 Å². The number of amides is 1. The van der Waals surface area contributed by atoms with Gasteiger partial charge in [0.1, 0.15) is 11.5 Å². The molecule has 22 heavy (non-hydrogen) atoms. The second-order valence-electron chi connectivity index (χ2n) is 6.09. The average Bonchev–Trinajstić information content (AvgIpc) is 2.55. The molecule has 0 radical (unpaired) electrons. The van der Waals surface area contributed by atoms with E-state index < -0.39 is 0 Å². The molecule has 0 aliphatic heterocycles. The van der Waals surface area contributed by atoms with Gasteiger partial charge in [0.15, 0.2) is 0 Å². The highest BCUT2D eigenvalue weighted by Gasteiger charge is 2.32. The molecule has 0 aromatic heterocycles. The van der Waals surface area contributed by atoms with Crippen molar-refractivity contribution in [1.29, 1.82) is 0 Å². The van der Waals surface area contributed by atoms with Crippen molar-refractivity contribution in [2.24, 2.45) is 11.1 Å². The Balaban J connectivity index is 2.05. The van der Waals surface area contributed by atoms with Gasteiger partial charge in [0, 0.05) is 30.3 Å². The van der Waals surface area contributed by atoms with Crippen molar-refractivity contribution in [2.45, 2.75) is 38.5 Å². The molecule has 5 nitrogen and oxygen atoms in total. The molecule has 1 aromatic rings. The molecule has 0 bridgehead atoms. The number of ether oxygens (including phenoxy) is 2. The SMILES string of the molecule is COc1cc(NC(=O)CC2(CN)CCCCC2)cc(OC)c1. The molecule has 5 heteroatoms. The standard InChI is InChI=1S/C17H26N2O3/c1-21-14-8-13(9-15(10-14)22-2)19-16(20)11-17(12-18)6-4-3-5-7-17/h8-10H,3-7,11-12,18H2,1-2H3,(H,19,20). The maximum Gasteiger partial charge on any atom is 0.224 e. The van der Waals surface area contributed by atoms with Crippen LogP contribution in [0.3, 0.4) is 0 Å². The highest BCUT2D eigenvalue weighted by molar-refractivity contribution is 5.91. The van der Waals surface area contributed by atoms with E-state index in [4.69, 9.17) is 15.2 Å². The summed E-state index contributed by atoms with van der Waals surface area (Å²) in [6.45, 7) is 0.571. The molecule has 0 spiro atoms. The van der Waals surface area contributed by atoms with Crippen LogP contribution < -0.4 is 20.5 Å². The summed E-state index contributed by atoms with van der Waals surface area (Å²) in [5.41, 5.74) is 6.60. The van der Waals surface area contributed by atoms with Gasteiger partial charge >= 0.3 is 0 Å². The lowest BCUT2D eigenvalue weighted by Gasteiger charge is -2.35. The van der Waals surface area contributed by atoms with Crippen molar-refractivity contribution in [3.8, 4) is 11.5 Å². The van der Waals surface area contributed by atoms with Gasteiger partial charge in [-0.3, -0.25) is 4.79 Å². The minimum Gasteiger partial charge on any atom is -0.497 e. The molecular formula is C17H26N2O3. The third-order valence-corrected chi connectivity index (χ3v) is 4.52. The van der Waals surface area contributed by atoms with Crippen molar-refractivity contribution in [3.05, 3.63) is 18.2 Å². The van der Waals surface area contributed by atoms with Crippen LogP contribution in [0.5, 0.6) is 11.5 Å². The Hall–Kier alpha value is -1.75. The molecule has 1 aromatic carbocycles. The molecule has 0 unspecified atom stereocenters. The van der Waals surface area contributed by atoms with Gasteiger partial charge in [-0.2, -0.15) is 0 Å². The van der Waals surface area contributed by atoms with Crippen LogP contribution in [0.15, 0.2) is 18.2 Å². The number of hydrogen-bond acceptors (Lipinski definition) is 4. The van der Waals surface area contributed by atoms with E-state index >= 15 is 0 Å². The Morgan fingerprint density at radius 1 is 1.14 bits per heavy atom. The fourth-order valence-electron chi connectivity index (χ4n) is 3.18. The van der Waals surface area contributed by atoms with E-state index in [0.717, 1.165) is 25.7 Å². The molecule has 3 N–H and O–H groups in total. The van der Waals surface area contributed by atoms with E-state index in [-0.39, 0.29) is 11.3 Å². The molecule has 1 fully saturated rings. The van der Waals surface area contributed by atoms with Gasteiger partial charge in [0.25, 0.3) is 0 Å². The van der Waals surface area contributed by atoms with Gasteiger partial charge < -0.3 is 20.5 Å². The van der Waals surface area contributed by atoms with Gasteiger partial charge in [-0.1, -0.05) is 19.3 Å². The smallest absolute Gasteiger partial charge is 0.224 e. The molecular weight excluding hydrogens is 280 g/mol. The van der Waals surface area contributed by atoms with Crippen LogP contribution in [0.25, 0.3) is 0 Å². The number of nitrogens with one attached hydrogen (secondary N) is 1. The largest absolute Gasteiger partial charge is 0.497 e. The van der Waals surface area contributed by atoms with Crippen molar-refractivity contribution >= 4 is 11.6 Å². The molecule has 2 rings (SSSR count). The highest BCUT2D eigenvalue weighted by atomic mass is 16.5. The van der Waals surface area contributed by atoms with Crippen molar-refractivity contribution in [2.75, 3.05) is 26.1 Å². The van der Waals surface area contributed by atoms with Crippen molar-refractivity contribution in [1.82, 2.24) is 0 Å². The first-order chi connectivity index (χ1) is 10.6. The molecule has 1 aliphatic carbocycles. The van der Waals surface area contributed by atoms with Crippen molar-refractivity contribution < 1.29 is 14.3 Å². The highest BCUT2D eigenvalue weighted by Crippen LogP contribution is 2.38. The monoisotopic (exact) mass is 306 g/mol. The van der Waals surface area contributed by atoms with E-state index in [0.29, 0.717) is 30.2 Å². The number of carbonyl (C=O) groups excluding carboxylic acids is 1. The number of carbonyl (C=O) groups is 1. The normalized spacial score (nSPS) is 16.9. The van der Waals surface area contributed by atoms with Gasteiger partial charge in [-0.05, 0) is 24.8 Å². The Morgan fingerprint density at radius 3 is 2.23 bits per heavy atom. The molecule has 1 amide bonds. The zero-order chi connectivity index (χ0) is 16.0. The quantitative estimate of drug-likeness (QED) is 0.847. The van der Waals surface area contributed by atoms with Gasteiger partial charge in [0.2, 0.25) is 5.91 Å². The van der Waals surface area contributed by atoms with E-state index in [1.165, 1.54) is 6.42 Å². The number of rotatable bonds is 6. The van der Waals surface area contributed by atoms with E-state index in [1.807, 2.05) is 0 Å². The lowest BCUT2D eigenvalue weighted by molar-refractivity contribution is -0.118. The molecule has 0 heterocycles. The maximum atomic E-state index is 12.4. The summed E-state index contributed by atoms with van der Waals surface area (Å²) in [7, 11) is 3.18. The Labute approximate surface area is 132 Å². The Kier molecular flexibility index (Phi) is 5.66. The first-order valence-electron chi connectivity index (χ1n) is 7.84. The van der Waals surface area contributed by atoms with E-state index in [9.17, 15) is 4.79 Å². The van der Waals surface area contributed by atoms with Crippen molar-refractivity contribution in [3.63, 3.8) is 0 Å². The molecule has 122 valence electrons. The third-order valence-electron chi connectivity index (χ3n) is 4.52. The van der Waals surface area contributed by atoms with Gasteiger partial charge in [0.05, 0.1) is 14.2 Å². The molecule has 0 saturated heterocycles. The molecule has 1 saturated carbocycles. The summed E-state index contributed by atoms with van der Waals surface area (Å²) in [5.74, 6) is 1.31. The fourth-order valence-corrected chi connectivity index (χ4v) is 3.18.